The molecule has 2 nitrogen and oxygen atoms in total. The molecule has 0 saturated carbocycles. The van der Waals surface area contributed by atoms with Crippen molar-refractivity contribution >= 4 is 9.39 Å². The van der Waals surface area contributed by atoms with Gasteiger partial charge in [-0.15, -0.1) is 0 Å². The van der Waals surface area contributed by atoms with Crippen LogP contribution in [-0.4, -0.2) is 31.0 Å². The number of nitrogens with zero attached hydrogens (tertiary/aromatic N) is 1. The molecule has 3 heteroatoms. The molecule has 0 radical (unpaired) electrons. The predicted octanol–water partition coefficient (Wildman–Crippen LogP) is 0.887. The Morgan fingerprint density at radius 2 is 2.00 bits per heavy atom. The van der Waals surface area contributed by atoms with Crippen molar-refractivity contribution in [3.63, 3.8) is 0 Å². The van der Waals surface area contributed by atoms with Gasteiger partial charge in [0, 0.05) is 20.2 Å². The van der Waals surface area contributed by atoms with Crippen molar-refractivity contribution in [1.29, 1.82) is 0 Å². The summed E-state index contributed by atoms with van der Waals surface area (Å²) in [5, 5.41) is 0. The van der Waals surface area contributed by atoms with Crippen molar-refractivity contribution < 1.29 is 4.74 Å². The summed E-state index contributed by atoms with van der Waals surface area (Å²) in [6.45, 7) is 2.31. The molecule has 54 valence electrons. The highest BCUT2D eigenvalue weighted by molar-refractivity contribution is 7.13. The van der Waals surface area contributed by atoms with E-state index in [1.54, 1.807) is 7.11 Å². The summed E-state index contributed by atoms with van der Waals surface area (Å²) in [5.74, 6) is 0. The monoisotopic (exact) mass is 147 g/mol. The zero-order chi connectivity index (χ0) is 6.69. The maximum Gasteiger partial charge on any atom is 0.0596 e. The van der Waals surface area contributed by atoms with Gasteiger partial charge in [-0.1, -0.05) is 9.39 Å². The summed E-state index contributed by atoms with van der Waals surface area (Å²) in [6.07, 6.45) is 2.88. The van der Waals surface area contributed by atoms with Crippen molar-refractivity contribution in [2.24, 2.45) is 0 Å². The molecule has 1 rings (SSSR count). The van der Waals surface area contributed by atoms with Crippen LogP contribution in [0.25, 0.3) is 0 Å². The van der Waals surface area contributed by atoms with Gasteiger partial charge in [0.2, 0.25) is 0 Å². The summed E-state index contributed by atoms with van der Waals surface area (Å²) in [6, 6.07) is 0. The third kappa shape index (κ3) is 2.21. The Bertz CT molecular complexity index is 81.1. The molecule has 0 aromatic heterocycles. The fourth-order valence-electron chi connectivity index (χ4n) is 1.11. The summed E-state index contributed by atoms with van der Waals surface area (Å²) in [7, 11) is 4.52. The van der Waals surface area contributed by atoms with Crippen LogP contribution in [-0.2, 0) is 4.74 Å². The molecule has 0 bridgehead atoms. The van der Waals surface area contributed by atoms with E-state index in [1.807, 2.05) is 0 Å². The van der Waals surface area contributed by atoms with Gasteiger partial charge in [0.1, 0.15) is 0 Å². The van der Waals surface area contributed by atoms with Gasteiger partial charge in [-0.05, 0) is 12.8 Å². The highest BCUT2D eigenvalue weighted by Gasteiger charge is 2.14. The molecule has 1 heterocycles. The van der Waals surface area contributed by atoms with Crippen LogP contribution in [0.5, 0.6) is 0 Å². The van der Waals surface area contributed by atoms with E-state index in [-0.39, 0.29) is 0 Å². The number of methoxy groups -OCH3 is 1. The third-order valence-electron chi connectivity index (χ3n) is 1.81. The van der Waals surface area contributed by atoms with E-state index >= 15 is 0 Å². The topological polar surface area (TPSA) is 12.5 Å². The van der Waals surface area contributed by atoms with Crippen molar-refractivity contribution in [3.05, 3.63) is 0 Å². The van der Waals surface area contributed by atoms with Gasteiger partial charge in [-0.25, -0.2) is 0 Å². The van der Waals surface area contributed by atoms with Crippen molar-refractivity contribution in [2.75, 3.05) is 20.2 Å². The van der Waals surface area contributed by atoms with Crippen molar-refractivity contribution in [1.82, 2.24) is 4.67 Å². The molecule has 1 unspecified atom stereocenters. The van der Waals surface area contributed by atoms with E-state index < -0.39 is 0 Å². The molecule has 1 aliphatic rings. The zero-order valence-electron chi connectivity index (χ0n) is 5.84. The third-order valence-corrected chi connectivity index (χ3v) is 2.33. The fourth-order valence-corrected chi connectivity index (χ4v) is 1.41. The SMILES string of the molecule is COC1CCN(P)CC1. The van der Waals surface area contributed by atoms with Gasteiger partial charge in [-0.3, -0.25) is 4.67 Å². The average molecular weight is 147 g/mol. The highest BCUT2D eigenvalue weighted by atomic mass is 31.0. The summed E-state index contributed by atoms with van der Waals surface area (Å²) < 4.78 is 7.46. The average Bonchev–Trinajstić information content (AvgIpc) is 1.90. The molecular weight excluding hydrogens is 133 g/mol. The van der Waals surface area contributed by atoms with Crippen LogP contribution in [0.2, 0.25) is 0 Å². The minimum atomic E-state index is 0.516. The summed E-state index contributed by atoms with van der Waals surface area (Å²) in [5.41, 5.74) is 0. The first kappa shape index (κ1) is 7.46. The maximum atomic E-state index is 5.20. The quantitative estimate of drug-likeness (QED) is 0.511. The van der Waals surface area contributed by atoms with Crippen LogP contribution < -0.4 is 0 Å². The minimum absolute atomic E-state index is 0.516. The second kappa shape index (κ2) is 3.50. The Labute approximate surface area is 58.8 Å². The lowest BCUT2D eigenvalue weighted by molar-refractivity contribution is 0.0622. The Balaban J connectivity index is 2.18. The van der Waals surface area contributed by atoms with Crippen LogP contribution in [0.1, 0.15) is 12.8 Å². The zero-order valence-corrected chi connectivity index (χ0v) is 6.99. The first-order chi connectivity index (χ1) is 4.33. The van der Waals surface area contributed by atoms with Gasteiger partial charge in [-0.2, -0.15) is 0 Å². The second-order valence-electron chi connectivity index (χ2n) is 2.47. The van der Waals surface area contributed by atoms with Crippen LogP contribution in [0.4, 0.5) is 0 Å². The van der Waals surface area contributed by atoms with E-state index in [2.05, 4.69) is 14.1 Å². The number of hydrogen-bond acceptors (Lipinski definition) is 2. The lowest BCUT2D eigenvalue weighted by atomic mass is 10.1. The molecule has 1 aliphatic heterocycles. The number of rotatable bonds is 1. The highest BCUT2D eigenvalue weighted by Crippen LogP contribution is 2.14. The van der Waals surface area contributed by atoms with E-state index in [9.17, 15) is 0 Å². The summed E-state index contributed by atoms with van der Waals surface area (Å²) in [4.78, 5) is 0. The van der Waals surface area contributed by atoms with E-state index in [0.717, 1.165) is 13.1 Å². The first-order valence-electron chi connectivity index (χ1n) is 3.35. The first-order valence-corrected chi connectivity index (χ1v) is 3.87. The van der Waals surface area contributed by atoms with E-state index in [4.69, 9.17) is 4.74 Å². The second-order valence-corrected chi connectivity index (χ2v) is 3.20. The van der Waals surface area contributed by atoms with Crippen LogP contribution in [0, 0.1) is 0 Å². The maximum absolute atomic E-state index is 5.20. The molecule has 0 aromatic carbocycles. The molecule has 0 N–H and O–H groups in total. The lowest BCUT2D eigenvalue weighted by Crippen LogP contribution is -2.30. The Hall–Kier alpha value is 0.350. The molecule has 0 amide bonds. The summed E-state index contributed by atoms with van der Waals surface area (Å²) >= 11 is 0. The normalized spacial score (nSPS) is 24.7. The molecular formula is C6H14NOP. The molecule has 0 aromatic rings. The fraction of sp³-hybridized carbons (Fsp3) is 1.00. The molecule has 1 saturated heterocycles. The molecule has 1 atom stereocenters. The Kier molecular flexibility index (Phi) is 2.90. The van der Waals surface area contributed by atoms with Gasteiger partial charge >= 0.3 is 0 Å². The van der Waals surface area contributed by atoms with Crippen LogP contribution in [0.15, 0.2) is 0 Å². The standard InChI is InChI=1S/C6H14NOP/c1-8-6-2-4-7(9)5-3-6/h6H,2-5,9H2,1H3. The molecule has 0 aliphatic carbocycles. The van der Waals surface area contributed by atoms with Gasteiger partial charge in [0.05, 0.1) is 6.10 Å². The van der Waals surface area contributed by atoms with Crippen molar-refractivity contribution in [2.45, 2.75) is 18.9 Å². The largest absolute Gasteiger partial charge is 0.381 e. The van der Waals surface area contributed by atoms with Gasteiger partial charge in [0.25, 0.3) is 0 Å². The Morgan fingerprint density at radius 1 is 1.44 bits per heavy atom. The number of hydrogen-bond donors (Lipinski definition) is 0. The van der Waals surface area contributed by atoms with Gasteiger partial charge in [0.15, 0.2) is 0 Å². The van der Waals surface area contributed by atoms with E-state index in [1.165, 1.54) is 12.8 Å². The van der Waals surface area contributed by atoms with Crippen LogP contribution in [0.3, 0.4) is 0 Å². The number of ether oxygens (including phenoxy) is 1. The lowest BCUT2D eigenvalue weighted by Gasteiger charge is -2.27. The van der Waals surface area contributed by atoms with Crippen LogP contribution >= 0.6 is 9.39 Å². The molecule has 1 fully saturated rings. The Morgan fingerprint density at radius 3 is 2.44 bits per heavy atom. The molecule has 0 spiro atoms. The van der Waals surface area contributed by atoms with Gasteiger partial charge < -0.3 is 4.74 Å². The minimum Gasteiger partial charge on any atom is -0.381 e. The number of piperidine rings is 1. The predicted molar refractivity (Wildman–Crippen MR) is 41.3 cm³/mol. The van der Waals surface area contributed by atoms with E-state index in [0.29, 0.717) is 6.10 Å². The molecule has 9 heavy (non-hydrogen) atoms. The smallest absolute Gasteiger partial charge is 0.0596 e. The van der Waals surface area contributed by atoms with Crippen molar-refractivity contribution in [3.8, 4) is 0 Å².